The molecule has 2 aromatic heterocycles. The van der Waals surface area contributed by atoms with Crippen LogP contribution < -0.4 is 10.6 Å². The molecule has 2 N–H and O–H groups in total. The van der Waals surface area contributed by atoms with E-state index in [4.69, 9.17) is 0 Å². The van der Waals surface area contributed by atoms with E-state index in [-0.39, 0.29) is 18.5 Å². The van der Waals surface area contributed by atoms with Gasteiger partial charge >= 0.3 is 0 Å². The van der Waals surface area contributed by atoms with E-state index in [2.05, 4.69) is 36.9 Å². The highest BCUT2D eigenvalue weighted by Gasteiger charge is 2.22. The van der Waals surface area contributed by atoms with Crippen molar-refractivity contribution in [1.29, 1.82) is 0 Å². The number of piperidine rings is 1. The third-order valence-electron chi connectivity index (χ3n) is 6.21. The van der Waals surface area contributed by atoms with Gasteiger partial charge in [0.2, 0.25) is 5.91 Å². The molecular weight excluding hydrogens is 397 g/mol. The minimum absolute atomic E-state index is 0.00460. The number of benzene rings is 1. The number of alkyl halides is 1. The molecule has 1 fully saturated rings. The van der Waals surface area contributed by atoms with Crippen molar-refractivity contribution in [1.82, 2.24) is 30.2 Å². The van der Waals surface area contributed by atoms with Gasteiger partial charge in [0, 0.05) is 36.5 Å². The largest absolute Gasteiger partial charge is 0.317 e. The molecule has 1 amide bonds. The first-order chi connectivity index (χ1) is 15.2. The fourth-order valence-corrected chi connectivity index (χ4v) is 4.43. The number of rotatable bonds is 5. The zero-order valence-electron chi connectivity index (χ0n) is 17.4. The van der Waals surface area contributed by atoms with Crippen LogP contribution in [0.1, 0.15) is 18.5 Å². The van der Waals surface area contributed by atoms with E-state index in [1.807, 2.05) is 29.1 Å². The second-order valence-corrected chi connectivity index (χ2v) is 8.21. The van der Waals surface area contributed by atoms with Gasteiger partial charge in [-0.1, -0.05) is 6.07 Å². The molecule has 162 valence electrons. The Morgan fingerprint density at radius 2 is 2.06 bits per heavy atom. The van der Waals surface area contributed by atoms with Crippen molar-refractivity contribution in [2.45, 2.75) is 25.9 Å². The lowest BCUT2D eigenvalue weighted by molar-refractivity contribution is -0.120. The second kappa shape index (κ2) is 8.68. The van der Waals surface area contributed by atoms with Crippen LogP contribution in [0, 0.1) is 5.92 Å². The van der Waals surface area contributed by atoms with Crippen LogP contribution in [0.2, 0.25) is 0 Å². The van der Waals surface area contributed by atoms with Crippen LogP contribution in [-0.4, -0.2) is 63.6 Å². The zero-order chi connectivity index (χ0) is 21.2. The van der Waals surface area contributed by atoms with E-state index in [1.54, 1.807) is 0 Å². The number of hydrogen-bond acceptors (Lipinski definition) is 6. The molecule has 2 aliphatic heterocycles. The third kappa shape index (κ3) is 4.15. The lowest BCUT2D eigenvalue weighted by atomic mass is 9.97. The summed E-state index contributed by atoms with van der Waals surface area (Å²) < 4.78 is 14.8. The first-order valence-corrected chi connectivity index (χ1v) is 10.8. The Balaban J connectivity index is 1.40. The number of carbonyl (C=O) groups is 1. The zero-order valence-corrected chi connectivity index (χ0v) is 17.4. The normalized spacial score (nSPS) is 17.6. The molecule has 2 aliphatic rings. The molecule has 0 saturated carbocycles. The molecule has 0 unspecified atom stereocenters. The van der Waals surface area contributed by atoms with Crippen LogP contribution in [-0.2, 0) is 17.9 Å². The van der Waals surface area contributed by atoms with Crippen molar-refractivity contribution in [3.63, 3.8) is 0 Å². The van der Waals surface area contributed by atoms with Gasteiger partial charge in [-0.3, -0.25) is 14.4 Å². The Hall–Kier alpha value is -2.91. The minimum Gasteiger partial charge on any atom is -0.317 e. The van der Waals surface area contributed by atoms with Gasteiger partial charge in [0.05, 0.1) is 24.0 Å². The van der Waals surface area contributed by atoms with Gasteiger partial charge in [0.25, 0.3) is 0 Å². The quantitative estimate of drug-likeness (QED) is 0.654. The first kappa shape index (κ1) is 20.0. The van der Waals surface area contributed by atoms with Gasteiger partial charge in [-0.15, -0.1) is 10.2 Å². The maximum absolute atomic E-state index is 12.8. The monoisotopic (exact) mass is 423 g/mol. The summed E-state index contributed by atoms with van der Waals surface area (Å²) in [5.74, 6) is 0.487. The molecule has 0 atom stereocenters. The Bertz CT molecular complexity index is 1090. The van der Waals surface area contributed by atoms with Gasteiger partial charge in [-0.2, -0.15) is 5.10 Å². The summed E-state index contributed by atoms with van der Waals surface area (Å²) in [6, 6.07) is 7.87. The number of nitrogens with zero attached hydrogens (tertiary/aromatic N) is 5. The average molecular weight is 423 g/mol. The first-order valence-electron chi connectivity index (χ1n) is 10.8. The highest BCUT2D eigenvalue weighted by Crippen LogP contribution is 2.29. The third-order valence-corrected chi connectivity index (χ3v) is 6.21. The number of fused-ring (bicyclic) bond motifs is 2. The van der Waals surface area contributed by atoms with Crippen molar-refractivity contribution in [3.05, 3.63) is 36.2 Å². The molecule has 0 aliphatic carbocycles. The smallest absolute Gasteiger partial charge is 0.228 e. The number of aromatic nitrogens is 4. The predicted molar refractivity (Wildman–Crippen MR) is 116 cm³/mol. The number of anilines is 1. The van der Waals surface area contributed by atoms with Crippen molar-refractivity contribution in [2.24, 2.45) is 5.92 Å². The molecule has 9 heteroatoms. The van der Waals surface area contributed by atoms with E-state index in [9.17, 15) is 9.18 Å². The van der Waals surface area contributed by atoms with Crippen molar-refractivity contribution in [2.75, 3.05) is 38.2 Å². The summed E-state index contributed by atoms with van der Waals surface area (Å²) >= 11 is 0. The summed E-state index contributed by atoms with van der Waals surface area (Å²) in [5.41, 5.74) is 3.94. The lowest BCUT2D eigenvalue weighted by Gasteiger charge is -2.27. The van der Waals surface area contributed by atoms with Gasteiger partial charge in [-0.05, 0) is 49.7 Å². The predicted octanol–water partition coefficient (Wildman–Crippen LogP) is 2.22. The molecule has 0 spiro atoms. The van der Waals surface area contributed by atoms with Gasteiger partial charge < -0.3 is 10.6 Å². The van der Waals surface area contributed by atoms with Crippen LogP contribution in [0.15, 0.2) is 30.5 Å². The molecule has 31 heavy (non-hydrogen) atoms. The van der Waals surface area contributed by atoms with Crippen LogP contribution in [0.4, 0.5) is 10.2 Å². The van der Waals surface area contributed by atoms with E-state index in [0.717, 1.165) is 66.7 Å². The molecule has 1 aromatic carbocycles. The fraction of sp³-hybridized carbons (Fsp3) is 0.455. The fourth-order valence-electron chi connectivity index (χ4n) is 4.43. The topological polar surface area (TPSA) is 88.0 Å². The molecule has 8 nitrogen and oxygen atoms in total. The minimum atomic E-state index is -0.343. The number of halogens is 1. The summed E-state index contributed by atoms with van der Waals surface area (Å²) in [6.45, 7) is 4.09. The van der Waals surface area contributed by atoms with Gasteiger partial charge in [-0.25, -0.2) is 4.39 Å². The Morgan fingerprint density at radius 3 is 2.90 bits per heavy atom. The van der Waals surface area contributed by atoms with Crippen molar-refractivity contribution < 1.29 is 9.18 Å². The van der Waals surface area contributed by atoms with E-state index < -0.39 is 0 Å². The number of amides is 1. The summed E-state index contributed by atoms with van der Waals surface area (Å²) in [5, 5.41) is 20.1. The van der Waals surface area contributed by atoms with E-state index >= 15 is 0 Å². The Morgan fingerprint density at radius 1 is 1.19 bits per heavy atom. The number of hydrogen-bond donors (Lipinski definition) is 2. The molecule has 0 bridgehead atoms. The number of nitrogens with one attached hydrogen (secondary N) is 2. The molecule has 4 heterocycles. The van der Waals surface area contributed by atoms with Crippen LogP contribution in [0.5, 0.6) is 0 Å². The molecule has 1 saturated heterocycles. The van der Waals surface area contributed by atoms with Gasteiger partial charge in [0.1, 0.15) is 6.67 Å². The summed E-state index contributed by atoms with van der Waals surface area (Å²) in [4.78, 5) is 14.7. The maximum atomic E-state index is 12.8. The highest BCUT2D eigenvalue weighted by molar-refractivity contribution is 5.94. The molecular formula is C22H26FN7O. The lowest BCUT2D eigenvalue weighted by Crippen LogP contribution is -2.35. The van der Waals surface area contributed by atoms with Crippen molar-refractivity contribution >= 4 is 22.6 Å². The van der Waals surface area contributed by atoms with Crippen LogP contribution in [0.25, 0.3) is 22.0 Å². The summed E-state index contributed by atoms with van der Waals surface area (Å²) in [6.07, 6.45) is 3.55. The average Bonchev–Trinajstić information content (AvgIpc) is 3.23. The second-order valence-electron chi connectivity index (χ2n) is 8.21. The summed E-state index contributed by atoms with van der Waals surface area (Å²) in [7, 11) is 0. The van der Waals surface area contributed by atoms with Crippen LogP contribution in [0.3, 0.4) is 0 Å². The number of carbonyl (C=O) groups excluding carboxylic acids is 1. The van der Waals surface area contributed by atoms with Gasteiger partial charge in [0.15, 0.2) is 5.82 Å². The molecule has 3 aromatic rings. The molecule has 0 radical (unpaired) electrons. The molecule has 5 rings (SSSR count). The SMILES string of the molecule is O=C(Nc1cc2cc(-c3cnn4c3CN(CCF)CC4)ccc2nn1)C1CCNCC1. The van der Waals surface area contributed by atoms with E-state index in [0.29, 0.717) is 18.9 Å². The maximum Gasteiger partial charge on any atom is 0.228 e. The van der Waals surface area contributed by atoms with Crippen molar-refractivity contribution in [3.8, 4) is 11.1 Å². The Labute approximate surface area is 179 Å². The standard InChI is InChI=1S/C22H26FN7O/c23-5-8-29-9-10-30-20(14-29)18(13-25-30)16-1-2-19-17(11-16)12-21(28-27-19)26-22(31)15-3-6-24-7-4-15/h1-2,11-13,15,24H,3-10,14H2,(H,26,28,31). The highest BCUT2D eigenvalue weighted by atomic mass is 19.1. The Kier molecular flexibility index (Phi) is 5.61. The van der Waals surface area contributed by atoms with Crippen LogP contribution >= 0.6 is 0 Å². The van der Waals surface area contributed by atoms with E-state index in [1.165, 1.54) is 0 Å².